The molecular formula is C14H12FN5O5S. The van der Waals surface area contributed by atoms with E-state index in [1.807, 2.05) is 0 Å². The molecule has 0 atom stereocenters. The van der Waals surface area contributed by atoms with Crippen LogP contribution in [0.4, 0.5) is 10.1 Å². The highest BCUT2D eigenvalue weighted by atomic mass is 32.2. The number of benzene rings is 1. The molecule has 10 nitrogen and oxygen atoms in total. The van der Waals surface area contributed by atoms with Gasteiger partial charge in [0.25, 0.3) is 15.2 Å². The molecular weight excluding hydrogens is 369 g/mol. The van der Waals surface area contributed by atoms with Crippen molar-refractivity contribution in [2.75, 3.05) is 11.3 Å². The molecule has 12 heteroatoms. The highest BCUT2D eigenvalue weighted by Gasteiger charge is 2.24. The number of anilines is 1. The van der Waals surface area contributed by atoms with E-state index in [2.05, 4.69) is 19.8 Å². The summed E-state index contributed by atoms with van der Waals surface area (Å²) >= 11 is 0. The van der Waals surface area contributed by atoms with Crippen molar-refractivity contribution >= 4 is 27.3 Å². The molecule has 1 aromatic carbocycles. The maximum atomic E-state index is 13.5. The molecule has 0 aliphatic heterocycles. The number of carboxylic acid groups (broad SMARTS) is 1. The Morgan fingerprint density at radius 2 is 2.08 bits per heavy atom. The molecule has 136 valence electrons. The van der Waals surface area contributed by atoms with Crippen LogP contribution in [-0.4, -0.2) is 45.7 Å². The van der Waals surface area contributed by atoms with Gasteiger partial charge in [0.1, 0.15) is 0 Å². The van der Waals surface area contributed by atoms with Crippen LogP contribution in [0.3, 0.4) is 0 Å². The number of rotatable bonds is 6. The van der Waals surface area contributed by atoms with Crippen LogP contribution in [0.1, 0.15) is 17.3 Å². The van der Waals surface area contributed by atoms with Crippen molar-refractivity contribution < 1.29 is 27.4 Å². The van der Waals surface area contributed by atoms with Gasteiger partial charge in [-0.15, -0.1) is 5.10 Å². The zero-order chi connectivity index (χ0) is 18.9. The van der Waals surface area contributed by atoms with Crippen molar-refractivity contribution in [1.82, 2.24) is 19.6 Å². The smallest absolute Gasteiger partial charge is 0.337 e. The Hall–Kier alpha value is -3.28. The lowest BCUT2D eigenvalue weighted by molar-refractivity contribution is 0.0698. The van der Waals surface area contributed by atoms with Crippen LogP contribution in [0.5, 0.6) is 6.01 Å². The number of sulfonamides is 1. The predicted octanol–water partition coefficient (Wildman–Crippen LogP) is 1.16. The van der Waals surface area contributed by atoms with Crippen LogP contribution in [0.25, 0.3) is 5.65 Å². The lowest BCUT2D eigenvalue weighted by Crippen LogP contribution is -2.17. The van der Waals surface area contributed by atoms with Gasteiger partial charge in [-0.3, -0.25) is 4.72 Å². The fourth-order valence-corrected chi connectivity index (χ4v) is 3.06. The summed E-state index contributed by atoms with van der Waals surface area (Å²) in [6, 6.07) is 6.07. The van der Waals surface area contributed by atoms with Crippen LogP contribution < -0.4 is 9.46 Å². The van der Waals surface area contributed by atoms with Gasteiger partial charge in [0.05, 0.1) is 17.9 Å². The molecule has 2 N–H and O–H groups in total. The first-order chi connectivity index (χ1) is 12.3. The Balaban J connectivity index is 2.05. The lowest BCUT2D eigenvalue weighted by atomic mass is 10.2. The molecule has 26 heavy (non-hydrogen) atoms. The summed E-state index contributed by atoms with van der Waals surface area (Å²) in [6.07, 6.45) is 0. The van der Waals surface area contributed by atoms with Gasteiger partial charge in [-0.2, -0.15) is 27.3 Å². The Morgan fingerprint density at radius 3 is 2.77 bits per heavy atom. The summed E-state index contributed by atoms with van der Waals surface area (Å²) in [5.74, 6) is -2.22. The number of carboxylic acids is 1. The van der Waals surface area contributed by atoms with Crippen molar-refractivity contribution in [3.05, 3.63) is 41.8 Å². The summed E-state index contributed by atoms with van der Waals surface area (Å²) in [5.41, 5.74) is -0.538. The van der Waals surface area contributed by atoms with E-state index in [1.54, 1.807) is 6.92 Å². The summed E-state index contributed by atoms with van der Waals surface area (Å²) in [7, 11) is -4.34. The number of para-hydroxylation sites is 1. The average molecular weight is 381 g/mol. The Bertz CT molecular complexity index is 1100. The Labute approximate surface area is 146 Å². The standard InChI is InChI=1S/C14H12FN5O5S/c1-2-25-14-16-10(15)7-11-17-13(18-20(11)14)26(23,24)19-9-6-4-3-5-8(9)12(21)22/h3-7,19H,2H2,1H3,(H,21,22). The summed E-state index contributed by atoms with van der Waals surface area (Å²) in [6.45, 7) is 1.79. The molecule has 0 bridgehead atoms. The lowest BCUT2D eigenvalue weighted by Gasteiger charge is -2.07. The molecule has 3 rings (SSSR count). The van der Waals surface area contributed by atoms with E-state index < -0.39 is 27.1 Å². The quantitative estimate of drug-likeness (QED) is 0.607. The number of hydrogen-bond donors (Lipinski definition) is 2. The predicted molar refractivity (Wildman–Crippen MR) is 86.1 cm³/mol. The molecule has 2 heterocycles. The maximum absolute atomic E-state index is 13.5. The van der Waals surface area contributed by atoms with Crippen LogP contribution in [-0.2, 0) is 10.0 Å². The number of aromatic nitrogens is 4. The van der Waals surface area contributed by atoms with Crippen molar-refractivity contribution in [3.63, 3.8) is 0 Å². The first-order valence-electron chi connectivity index (χ1n) is 7.23. The zero-order valence-electron chi connectivity index (χ0n) is 13.2. The van der Waals surface area contributed by atoms with Gasteiger partial charge >= 0.3 is 12.0 Å². The van der Waals surface area contributed by atoms with E-state index in [4.69, 9.17) is 9.84 Å². The number of carbonyl (C=O) groups is 1. The summed E-state index contributed by atoms with van der Waals surface area (Å²) in [4.78, 5) is 18.4. The number of aromatic carboxylic acids is 1. The molecule has 0 spiro atoms. The second-order valence-corrected chi connectivity index (χ2v) is 6.49. The highest BCUT2D eigenvalue weighted by Crippen LogP contribution is 2.20. The van der Waals surface area contributed by atoms with Crippen LogP contribution in [0.2, 0.25) is 0 Å². The number of hydrogen-bond acceptors (Lipinski definition) is 7. The first-order valence-corrected chi connectivity index (χ1v) is 8.71. The fraction of sp³-hybridized carbons (Fsp3) is 0.143. The van der Waals surface area contributed by atoms with E-state index >= 15 is 0 Å². The van der Waals surface area contributed by atoms with Crippen LogP contribution in [0.15, 0.2) is 35.5 Å². The van der Waals surface area contributed by atoms with Gasteiger partial charge in [0.15, 0.2) is 5.65 Å². The minimum Gasteiger partial charge on any atom is -0.478 e. The van der Waals surface area contributed by atoms with Crippen molar-refractivity contribution in [2.24, 2.45) is 0 Å². The number of nitrogens with one attached hydrogen (secondary N) is 1. The first kappa shape index (κ1) is 17.5. The average Bonchev–Trinajstić information content (AvgIpc) is 3.00. The van der Waals surface area contributed by atoms with Gasteiger partial charge in [-0.05, 0) is 19.1 Å². The third-order valence-electron chi connectivity index (χ3n) is 3.16. The minimum absolute atomic E-state index is 0.132. The molecule has 0 amide bonds. The highest BCUT2D eigenvalue weighted by molar-refractivity contribution is 7.92. The number of nitrogens with zero attached hydrogens (tertiary/aromatic N) is 4. The Morgan fingerprint density at radius 1 is 1.35 bits per heavy atom. The van der Waals surface area contributed by atoms with Gasteiger partial charge in [-0.1, -0.05) is 12.1 Å². The molecule has 0 saturated carbocycles. The third kappa shape index (κ3) is 3.26. The van der Waals surface area contributed by atoms with Crippen molar-refractivity contribution in [2.45, 2.75) is 12.1 Å². The summed E-state index contributed by atoms with van der Waals surface area (Å²) < 4.78 is 46.7. The van der Waals surface area contributed by atoms with E-state index in [1.165, 1.54) is 24.3 Å². The van der Waals surface area contributed by atoms with E-state index in [-0.39, 0.29) is 29.5 Å². The monoisotopic (exact) mass is 381 g/mol. The molecule has 0 aliphatic carbocycles. The number of fused-ring (bicyclic) bond motifs is 1. The molecule has 0 unspecified atom stereocenters. The van der Waals surface area contributed by atoms with Crippen LogP contribution in [0, 0.1) is 5.95 Å². The normalized spacial score (nSPS) is 11.5. The van der Waals surface area contributed by atoms with Gasteiger partial charge in [-0.25, -0.2) is 4.79 Å². The third-order valence-corrected chi connectivity index (χ3v) is 4.30. The molecule has 0 saturated heterocycles. The van der Waals surface area contributed by atoms with Crippen LogP contribution >= 0.6 is 0 Å². The summed E-state index contributed by atoms with van der Waals surface area (Å²) in [5, 5.41) is 12.2. The van der Waals surface area contributed by atoms with Crippen molar-refractivity contribution in [1.29, 1.82) is 0 Å². The second kappa shape index (κ2) is 6.55. The largest absolute Gasteiger partial charge is 0.478 e. The maximum Gasteiger partial charge on any atom is 0.337 e. The van der Waals surface area contributed by atoms with Gasteiger partial charge in [0.2, 0.25) is 5.95 Å². The SMILES string of the molecule is CCOc1nc(F)cc2nc(S(=O)(=O)Nc3ccccc3C(=O)O)nn12. The Kier molecular flexibility index (Phi) is 4.42. The number of ether oxygens (including phenoxy) is 1. The van der Waals surface area contributed by atoms with E-state index in [9.17, 15) is 17.6 Å². The topological polar surface area (TPSA) is 136 Å². The minimum atomic E-state index is -4.34. The molecule has 0 aliphatic rings. The molecule has 0 fully saturated rings. The zero-order valence-corrected chi connectivity index (χ0v) is 14.1. The van der Waals surface area contributed by atoms with Crippen molar-refractivity contribution in [3.8, 4) is 6.01 Å². The van der Waals surface area contributed by atoms with E-state index in [0.717, 1.165) is 10.6 Å². The second-order valence-electron chi connectivity index (χ2n) is 4.92. The number of halogens is 1. The molecule has 3 aromatic rings. The fourth-order valence-electron chi connectivity index (χ4n) is 2.10. The molecule has 0 radical (unpaired) electrons. The van der Waals surface area contributed by atoms with Gasteiger partial charge < -0.3 is 9.84 Å². The van der Waals surface area contributed by atoms with E-state index in [0.29, 0.717) is 0 Å². The van der Waals surface area contributed by atoms with Gasteiger partial charge in [0, 0.05) is 6.07 Å². The molecule has 2 aromatic heterocycles.